The monoisotopic (exact) mass is 573 g/mol. The maximum Gasteiger partial charge on any atom is -0.00851 e. The second kappa shape index (κ2) is 10.5. The largest absolute Gasteiger partial charge is 0.0845 e. The van der Waals surface area contributed by atoms with Crippen molar-refractivity contribution in [3.63, 3.8) is 0 Å². The third kappa shape index (κ3) is 4.38. The Morgan fingerprint density at radius 3 is 1.29 bits per heavy atom. The number of rotatable bonds is 0. The molecule has 0 aromatic rings. The van der Waals surface area contributed by atoms with E-state index in [-0.39, 0.29) is 0 Å². The van der Waals surface area contributed by atoms with Gasteiger partial charge in [-0.2, -0.15) is 0 Å². The molecule has 0 amide bonds. The van der Waals surface area contributed by atoms with E-state index in [9.17, 15) is 0 Å². The van der Waals surface area contributed by atoms with E-state index in [1.54, 1.807) is 0 Å². The molecule has 8 unspecified atom stereocenters. The fourth-order valence-electron chi connectivity index (χ4n) is 14.2. The first-order valence-corrected chi connectivity index (χ1v) is 19.3. The fourth-order valence-corrected chi connectivity index (χ4v) is 14.2. The smallest absolute Gasteiger partial charge is 0.00851 e. The first kappa shape index (κ1) is 30.2. The molecule has 8 aliphatic rings. The lowest BCUT2D eigenvalue weighted by Crippen LogP contribution is -2.49. The van der Waals surface area contributed by atoms with Gasteiger partial charge in [-0.05, 0) is 184 Å². The fraction of sp³-hybridized carbons (Fsp3) is 0.905. The second-order valence-corrected chi connectivity index (χ2v) is 19.3. The molecule has 8 rings (SSSR count). The number of hydrogen-bond acceptors (Lipinski definition) is 0. The summed E-state index contributed by atoms with van der Waals surface area (Å²) in [6.07, 6.45) is 29.0. The molecule has 0 spiro atoms. The molecule has 8 aliphatic carbocycles. The maximum atomic E-state index is 2.71. The summed E-state index contributed by atoms with van der Waals surface area (Å²) >= 11 is 0. The Bertz CT molecular complexity index is 1010. The van der Waals surface area contributed by atoms with Gasteiger partial charge in [-0.1, -0.05) is 78.7 Å². The van der Waals surface area contributed by atoms with Crippen molar-refractivity contribution >= 4 is 0 Å². The van der Waals surface area contributed by atoms with Crippen LogP contribution in [-0.2, 0) is 0 Å². The highest BCUT2D eigenvalue weighted by Gasteiger charge is 2.59. The van der Waals surface area contributed by atoms with Crippen LogP contribution < -0.4 is 0 Å². The van der Waals surface area contributed by atoms with Crippen LogP contribution in [0, 0.1) is 80.8 Å². The lowest BCUT2D eigenvalue weighted by Gasteiger charge is -2.58. The molecule has 0 aromatic heterocycles. The van der Waals surface area contributed by atoms with Crippen molar-refractivity contribution in [3.05, 3.63) is 23.3 Å². The Labute approximate surface area is 261 Å². The Hall–Kier alpha value is -0.520. The van der Waals surface area contributed by atoms with E-state index >= 15 is 0 Å². The van der Waals surface area contributed by atoms with Crippen molar-refractivity contribution in [2.75, 3.05) is 0 Å². The molecule has 0 aromatic carbocycles. The Morgan fingerprint density at radius 2 is 0.881 bits per heavy atom. The van der Waals surface area contributed by atoms with Gasteiger partial charge in [0.1, 0.15) is 0 Å². The van der Waals surface area contributed by atoms with Crippen LogP contribution in [-0.4, -0.2) is 0 Å². The minimum Gasteiger partial charge on any atom is -0.0845 e. The summed E-state index contributed by atoms with van der Waals surface area (Å²) in [5.41, 5.74) is 6.20. The zero-order valence-corrected chi connectivity index (χ0v) is 29.2. The Balaban J connectivity index is 0.000000137. The van der Waals surface area contributed by atoms with Gasteiger partial charge in [0.15, 0.2) is 0 Å². The number of fused-ring (bicyclic) bond motifs is 10. The summed E-state index contributed by atoms with van der Waals surface area (Å²) < 4.78 is 0. The molecule has 6 fully saturated rings. The summed E-state index contributed by atoms with van der Waals surface area (Å²) in [4.78, 5) is 0. The minimum absolute atomic E-state index is 0.572. The zero-order chi connectivity index (χ0) is 29.7. The minimum atomic E-state index is 0.572. The second-order valence-electron chi connectivity index (χ2n) is 19.3. The highest BCUT2D eigenvalue weighted by Crippen LogP contribution is 2.68. The van der Waals surface area contributed by atoms with Crippen LogP contribution in [0.15, 0.2) is 23.3 Å². The third-order valence-corrected chi connectivity index (χ3v) is 17.6. The van der Waals surface area contributed by atoms with Crippen molar-refractivity contribution in [3.8, 4) is 0 Å². The molecule has 0 heteroatoms. The van der Waals surface area contributed by atoms with Gasteiger partial charge in [0.05, 0.1) is 0 Å². The van der Waals surface area contributed by atoms with Crippen LogP contribution in [0.1, 0.15) is 158 Å². The van der Waals surface area contributed by atoms with Gasteiger partial charge in [-0.15, -0.1) is 0 Å². The van der Waals surface area contributed by atoms with E-state index in [1.807, 2.05) is 11.1 Å². The van der Waals surface area contributed by atoms with Crippen LogP contribution in [0.3, 0.4) is 0 Å². The first-order valence-electron chi connectivity index (χ1n) is 19.3. The maximum absolute atomic E-state index is 2.71. The van der Waals surface area contributed by atoms with Crippen molar-refractivity contribution < 1.29 is 0 Å². The normalized spacial score (nSPS) is 56.2. The van der Waals surface area contributed by atoms with Gasteiger partial charge in [-0.3, -0.25) is 0 Å². The lowest BCUT2D eigenvalue weighted by molar-refractivity contribution is -0.0411. The van der Waals surface area contributed by atoms with Gasteiger partial charge in [0, 0.05) is 0 Å². The summed E-state index contributed by atoms with van der Waals surface area (Å²) in [6, 6.07) is 0. The first-order chi connectivity index (χ1) is 19.9. The molecule has 0 nitrogen and oxygen atoms in total. The molecule has 0 heterocycles. The van der Waals surface area contributed by atoms with E-state index in [1.165, 1.54) is 103 Å². The molecular formula is C42H68. The van der Waals surface area contributed by atoms with Crippen molar-refractivity contribution in [1.82, 2.24) is 0 Å². The third-order valence-electron chi connectivity index (χ3n) is 17.6. The van der Waals surface area contributed by atoms with E-state index in [0.717, 1.165) is 59.2 Å². The predicted molar refractivity (Wildman–Crippen MR) is 180 cm³/mol. The summed E-state index contributed by atoms with van der Waals surface area (Å²) in [7, 11) is 0. The van der Waals surface area contributed by atoms with Gasteiger partial charge in [-0.25, -0.2) is 0 Å². The van der Waals surface area contributed by atoms with Gasteiger partial charge >= 0.3 is 0 Å². The van der Waals surface area contributed by atoms with E-state index < -0.39 is 0 Å². The highest BCUT2D eigenvalue weighted by molar-refractivity contribution is 5.26. The summed E-state index contributed by atoms with van der Waals surface area (Å²) in [5.74, 6) is 9.89. The Kier molecular flexibility index (Phi) is 7.55. The van der Waals surface area contributed by atoms with Gasteiger partial charge in [0.2, 0.25) is 0 Å². The van der Waals surface area contributed by atoms with E-state index in [4.69, 9.17) is 0 Å². The van der Waals surface area contributed by atoms with Gasteiger partial charge < -0.3 is 0 Å². The molecule has 42 heavy (non-hydrogen) atoms. The topological polar surface area (TPSA) is 0 Å². The van der Waals surface area contributed by atoms with Crippen LogP contribution in [0.2, 0.25) is 0 Å². The Morgan fingerprint density at radius 1 is 0.476 bits per heavy atom. The highest BCUT2D eigenvalue weighted by atomic mass is 14.6. The summed E-state index contributed by atoms with van der Waals surface area (Å²) in [6.45, 7) is 20.5. The molecule has 236 valence electrons. The number of allylic oxidation sites excluding steroid dienone is 4. The number of hydrogen-bond donors (Lipinski definition) is 0. The zero-order valence-electron chi connectivity index (χ0n) is 29.2. The SMILES string of the molecule is CC1CC[C@@]2(C)C(=CCC3C2CC[C@@]2(C)C3CC[C@@H]2C)C1.CC1CC[C@@]2(C)C(=CCC3C2CC[C@@]2(C)C3CC[C@H]2C)C1. The van der Waals surface area contributed by atoms with E-state index in [0.29, 0.717) is 21.7 Å². The van der Waals surface area contributed by atoms with Crippen LogP contribution in [0.25, 0.3) is 0 Å². The lowest BCUT2D eigenvalue weighted by atomic mass is 9.47. The van der Waals surface area contributed by atoms with Crippen LogP contribution in [0.4, 0.5) is 0 Å². The molecule has 6 saturated carbocycles. The average molecular weight is 573 g/mol. The van der Waals surface area contributed by atoms with Crippen molar-refractivity contribution in [1.29, 1.82) is 0 Å². The van der Waals surface area contributed by atoms with Crippen LogP contribution in [0.5, 0.6) is 0 Å². The van der Waals surface area contributed by atoms with Gasteiger partial charge in [0.25, 0.3) is 0 Å². The standard InChI is InChI=1S/2C21H34/c2*1-14-9-11-21(4)16(13-14)6-7-17-18-8-5-15(2)20(18,3)12-10-19(17)21/h2*6,14-15,17-19H,5,7-13H2,1-4H3/t14?,15-,17?,18?,19?,20+,21-;14?,15-,17?,18?,19?,20-,21+/m01/s1. The van der Waals surface area contributed by atoms with Crippen LogP contribution >= 0.6 is 0 Å². The van der Waals surface area contributed by atoms with Crippen molar-refractivity contribution in [2.24, 2.45) is 80.8 Å². The molecule has 0 bridgehead atoms. The molecule has 0 saturated heterocycles. The molecule has 0 N–H and O–H groups in total. The predicted octanol–water partition coefficient (Wildman–Crippen LogP) is 12.4. The van der Waals surface area contributed by atoms with Crippen molar-refractivity contribution in [2.45, 2.75) is 158 Å². The molecule has 14 atom stereocenters. The summed E-state index contributed by atoms with van der Waals surface area (Å²) in [5, 5.41) is 0. The molecule has 0 radical (unpaired) electrons. The van der Waals surface area contributed by atoms with E-state index in [2.05, 4.69) is 67.5 Å². The molecule has 0 aliphatic heterocycles. The average Bonchev–Trinajstić information content (AvgIpc) is 3.44. The quantitative estimate of drug-likeness (QED) is 0.253. The molecular weight excluding hydrogens is 504 g/mol.